The molecule has 1 fully saturated rings. The van der Waals surface area contributed by atoms with Gasteiger partial charge in [-0.1, -0.05) is 12.1 Å². The third-order valence-corrected chi connectivity index (χ3v) is 4.33. The molecule has 1 aromatic carbocycles. The zero-order valence-electron chi connectivity index (χ0n) is 12.8. The van der Waals surface area contributed by atoms with E-state index in [0.717, 1.165) is 0 Å². The average Bonchev–Trinajstić information content (AvgIpc) is 2.77. The number of methoxy groups -OCH3 is 1. The number of nitrogens with zero attached hydrogens (tertiary/aromatic N) is 1. The van der Waals surface area contributed by atoms with Crippen LogP contribution in [0.5, 0.6) is 0 Å². The van der Waals surface area contributed by atoms with Crippen molar-refractivity contribution in [3.63, 3.8) is 0 Å². The van der Waals surface area contributed by atoms with Crippen LogP contribution in [-0.2, 0) is 16.0 Å². The van der Waals surface area contributed by atoms with Crippen LogP contribution in [0.1, 0.15) is 18.9 Å². The fraction of sp³-hybridized carbons (Fsp3) is 0.562. The number of carbonyl (C=O) groups is 1. The minimum absolute atomic E-state index is 0.164. The summed E-state index contributed by atoms with van der Waals surface area (Å²) in [5, 5.41) is 19.7. The number of benzene rings is 1. The van der Waals surface area contributed by atoms with Gasteiger partial charge in [0.2, 0.25) is 0 Å². The lowest BCUT2D eigenvalue weighted by Crippen LogP contribution is -2.50. The lowest BCUT2D eigenvalue weighted by Gasteiger charge is -2.32. The first-order valence-electron chi connectivity index (χ1n) is 7.29. The van der Waals surface area contributed by atoms with Crippen molar-refractivity contribution in [1.29, 1.82) is 0 Å². The normalized spacial score (nSPS) is 27.0. The molecule has 1 heterocycles. The molecule has 3 unspecified atom stereocenters. The number of β-amino-alcohol motifs (C(OH)–C–C–N with tert-alkyl or cyclic N) is 1. The Bertz CT molecular complexity index is 539. The van der Waals surface area contributed by atoms with Gasteiger partial charge < -0.3 is 14.9 Å². The van der Waals surface area contributed by atoms with Crippen LogP contribution >= 0.6 is 0 Å². The predicted octanol–water partition coefficient (Wildman–Crippen LogP) is 1.29. The lowest BCUT2D eigenvalue weighted by molar-refractivity contribution is -0.149. The maximum absolute atomic E-state index is 13.2. The second-order valence-electron chi connectivity index (χ2n) is 6.03. The van der Waals surface area contributed by atoms with E-state index >= 15 is 0 Å². The largest absolute Gasteiger partial charge is 0.480 e. The van der Waals surface area contributed by atoms with E-state index in [2.05, 4.69) is 0 Å². The standard InChI is InChI=1S/C16H22FNO4/c1-16(15(20)21)8-14(22-2)10-18(16)9-13(19)7-11-4-3-5-12(17)6-11/h3-6,13-14,19H,7-10H2,1-2H3,(H,20,21). The molecule has 2 N–H and O–H groups in total. The van der Waals surface area contributed by atoms with Crippen LogP contribution in [0.15, 0.2) is 24.3 Å². The molecule has 1 saturated heterocycles. The number of aliphatic carboxylic acids is 1. The predicted molar refractivity (Wildman–Crippen MR) is 79.1 cm³/mol. The monoisotopic (exact) mass is 311 g/mol. The molecule has 1 aliphatic rings. The van der Waals surface area contributed by atoms with Gasteiger partial charge >= 0.3 is 5.97 Å². The van der Waals surface area contributed by atoms with Gasteiger partial charge in [0.1, 0.15) is 11.4 Å². The molecule has 3 atom stereocenters. The van der Waals surface area contributed by atoms with E-state index in [1.54, 1.807) is 31.1 Å². The van der Waals surface area contributed by atoms with Gasteiger partial charge in [0, 0.05) is 26.6 Å². The summed E-state index contributed by atoms with van der Waals surface area (Å²) < 4.78 is 18.4. The molecule has 1 aliphatic heterocycles. The first-order chi connectivity index (χ1) is 10.3. The van der Waals surface area contributed by atoms with Gasteiger partial charge in [-0.05, 0) is 31.0 Å². The van der Waals surface area contributed by atoms with Gasteiger partial charge in [-0.3, -0.25) is 9.69 Å². The number of carboxylic acid groups (broad SMARTS) is 1. The van der Waals surface area contributed by atoms with Crippen molar-refractivity contribution >= 4 is 5.97 Å². The Balaban J connectivity index is 2.03. The van der Waals surface area contributed by atoms with Crippen molar-refractivity contribution in [3.05, 3.63) is 35.6 Å². The van der Waals surface area contributed by atoms with Crippen molar-refractivity contribution < 1.29 is 24.1 Å². The molecule has 6 heteroatoms. The Morgan fingerprint density at radius 2 is 2.32 bits per heavy atom. The van der Waals surface area contributed by atoms with Crippen LogP contribution in [0.3, 0.4) is 0 Å². The molecule has 0 amide bonds. The van der Waals surface area contributed by atoms with Crippen LogP contribution in [0.2, 0.25) is 0 Å². The van der Waals surface area contributed by atoms with Crippen molar-refractivity contribution in [2.45, 2.75) is 37.5 Å². The summed E-state index contributed by atoms with van der Waals surface area (Å²) >= 11 is 0. The molecule has 0 aliphatic carbocycles. The topological polar surface area (TPSA) is 70.0 Å². The van der Waals surface area contributed by atoms with Gasteiger partial charge in [0.05, 0.1) is 12.2 Å². The first kappa shape index (κ1) is 16.9. The van der Waals surface area contributed by atoms with Crippen LogP contribution in [0, 0.1) is 5.82 Å². The number of ether oxygens (including phenoxy) is 1. The van der Waals surface area contributed by atoms with Gasteiger partial charge in [-0.15, -0.1) is 0 Å². The summed E-state index contributed by atoms with van der Waals surface area (Å²) in [7, 11) is 1.56. The molecule has 122 valence electrons. The molecule has 1 aromatic rings. The highest BCUT2D eigenvalue weighted by atomic mass is 19.1. The molecule has 0 saturated carbocycles. The number of rotatable bonds is 6. The summed E-state index contributed by atoms with van der Waals surface area (Å²) in [5.41, 5.74) is -0.365. The highest BCUT2D eigenvalue weighted by molar-refractivity contribution is 5.78. The Morgan fingerprint density at radius 3 is 2.91 bits per heavy atom. The molecular weight excluding hydrogens is 289 g/mol. The molecular formula is C16H22FNO4. The Kier molecular flexibility index (Phi) is 5.16. The minimum atomic E-state index is -1.05. The number of aliphatic hydroxyl groups is 1. The van der Waals surface area contributed by atoms with Gasteiger partial charge in [-0.25, -0.2) is 4.39 Å². The maximum Gasteiger partial charge on any atom is 0.323 e. The highest BCUT2D eigenvalue weighted by Gasteiger charge is 2.48. The zero-order chi connectivity index (χ0) is 16.3. The minimum Gasteiger partial charge on any atom is -0.480 e. The van der Waals surface area contributed by atoms with Crippen molar-refractivity contribution in [3.8, 4) is 0 Å². The maximum atomic E-state index is 13.2. The number of aliphatic hydroxyl groups excluding tert-OH is 1. The molecule has 5 nitrogen and oxygen atoms in total. The third-order valence-electron chi connectivity index (χ3n) is 4.33. The summed E-state index contributed by atoms with van der Waals surface area (Å²) in [6.07, 6.45) is -0.272. The fourth-order valence-corrected chi connectivity index (χ4v) is 3.00. The number of hydrogen-bond donors (Lipinski definition) is 2. The number of hydrogen-bond acceptors (Lipinski definition) is 4. The van der Waals surface area contributed by atoms with E-state index in [0.29, 0.717) is 18.5 Å². The zero-order valence-corrected chi connectivity index (χ0v) is 12.8. The third kappa shape index (κ3) is 3.63. The second-order valence-corrected chi connectivity index (χ2v) is 6.03. The smallest absolute Gasteiger partial charge is 0.323 e. The fourth-order valence-electron chi connectivity index (χ4n) is 3.00. The number of halogens is 1. The van der Waals surface area contributed by atoms with E-state index in [9.17, 15) is 19.4 Å². The summed E-state index contributed by atoms with van der Waals surface area (Å²) in [5.74, 6) is -1.27. The van der Waals surface area contributed by atoms with Crippen molar-refractivity contribution in [2.24, 2.45) is 0 Å². The summed E-state index contributed by atoms with van der Waals surface area (Å²) in [6.45, 7) is 2.31. The highest BCUT2D eigenvalue weighted by Crippen LogP contribution is 2.31. The molecule has 0 aromatic heterocycles. The Labute approximate surface area is 129 Å². The van der Waals surface area contributed by atoms with Crippen LogP contribution in [-0.4, -0.2) is 59.0 Å². The van der Waals surface area contributed by atoms with Gasteiger partial charge in [-0.2, -0.15) is 0 Å². The van der Waals surface area contributed by atoms with Gasteiger partial charge in [0.25, 0.3) is 0 Å². The number of carboxylic acids is 1. The molecule has 2 rings (SSSR count). The van der Waals surface area contributed by atoms with Crippen LogP contribution < -0.4 is 0 Å². The first-order valence-corrected chi connectivity index (χ1v) is 7.29. The van der Waals surface area contributed by atoms with Crippen molar-refractivity contribution in [1.82, 2.24) is 4.90 Å². The van der Waals surface area contributed by atoms with Gasteiger partial charge in [0.15, 0.2) is 0 Å². The van der Waals surface area contributed by atoms with E-state index in [-0.39, 0.29) is 24.9 Å². The second kappa shape index (κ2) is 6.73. The van der Waals surface area contributed by atoms with E-state index in [1.807, 2.05) is 0 Å². The van der Waals surface area contributed by atoms with E-state index in [1.165, 1.54) is 12.1 Å². The van der Waals surface area contributed by atoms with Crippen LogP contribution in [0.25, 0.3) is 0 Å². The van der Waals surface area contributed by atoms with E-state index < -0.39 is 17.6 Å². The average molecular weight is 311 g/mol. The van der Waals surface area contributed by atoms with E-state index in [4.69, 9.17) is 4.74 Å². The van der Waals surface area contributed by atoms with Crippen LogP contribution in [0.4, 0.5) is 4.39 Å². The summed E-state index contributed by atoms with van der Waals surface area (Å²) in [4.78, 5) is 13.3. The Hall–Kier alpha value is -1.50. The molecule has 0 bridgehead atoms. The SMILES string of the molecule is COC1CN(CC(O)Cc2cccc(F)c2)C(C)(C(=O)O)C1. The summed E-state index contributed by atoms with van der Waals surface area (Å²) in [6, 6.07) is 6.06. The quantitative estimate of drug-likeness (QED) is 0.828. The lowest BCUT2D eigenvalue weighted by atomic mass is 9.97. The molecule has 22 heavy (non-hydrogen) atoms. The van der Waals surface area contributed by atoms with Crippen molar-refractivity contribution in [2.75, 3.05) is 20.2 Å². The number of likely N-dealkylation sites (tertiary alicyclic amines) is 1. The molecule has 0 spiro atoms. The Morgan fingerprint density at radius 1 is 1.59 bits per heavy atom. The molecule has 0 radical (unpaired) electrons.